The number of methoxy groups -OCH3 is 1. The summed E-state index contributed by atoms with van der Waals surface area (Å²) in [5.41, 5.74) is 3.65. The maximum Gasteiger partial charge on any atom is 0.336 e. The van der Waals surface area contributed by atoms with Crippen LogP contribution in [0.2, 0.25) is 10.0 Å². The van der Waals surface area contributed by atoms with Gasteiger partial charge in [0.05, 0.1) is 34.8 Å². The standard InChI is InChI=1S/C27H27Cl2NO4/c1-14(2)34-27(32)24-15(3)30-22-12-18(16-5-8-19(33-4)9-6-16)13-23(31)26(22)25(24)17-7-10-20(28)21(29)11-17/h5-12,14,18,25-26,30H,13H2,1-4H3. The summed E-state index contributed by atoms with van der Waals surface area (Å²) < 4.78 is 10.8. The van der Waals surface area contributed by atoms with Crippen molar-refractivity contribution in [3.8, 4) is 5.75 Å². The molecule has 1 aliphatic carbocycles. The van der Waals surface area contributed by atoms with Crippen LogP contribution in [0.25, 0.3) is 0 Å². The molecule has 0 saturated heterocycles. The van der Waals surface area contributed by atoms with E-state index >= 15 is 0 Å². The van der Waals surface area contributed by atoms with Crippen LogP contribution in [0, 0.1) is 5.92 Å². The van der Waals surface area contributed by atoms with E-state index in [0.717, 1.165) is 22.6 Å². The Morgan fingerprint density at radius 3 is 2.32 bits per heavy atom. The zero-order valence-corrected chi connectivity index (χ0v) is 21.0. The molecule has 1 aliphatic heterocycles. The fraction of sp³-hybridized carbons (Fsp3) is 0.333. The van der Waals surface area contributed by atoms with Crippen molar-refractivity contribution >= 4 is 35.0 Å². The van der Waals surface area contributed by atoms with Crippen molar-refractivity contribution in [1.29, 1.82) is 0 Å². The van der Waals surface area contributed by atoms with Gasteiger partial charge in [-0.15, -0.1) is 0 Å². The van der Waals surface area contributed by atoms with Crippen molar-refractivity contribution in [3.63, 3.8) is 0 Å². The summed E-state index contributed by atoms with van der Waals surface area (Å²) in [6.45, 7) is 5.43. The fourth-order valence-electron chi connectivity index (χ4n) is 4.75. The van der Waals surface area contributed by atoms with Crippen molar-refractivity contribution < 1.29 is 19.1 Å². The molecule has 0 radical (unpaired) electrons. The predicted octanol–water partition coefficient (Wildman–Crippen LogP) is 6.17. The van der Waals surface area contributed by atoms with Crippen LogP contribution >= 0.6 is 23.2 Å². The molecule has 34 heavy (non-hydrogen) atoms. The molecule has 1 heterocycles. The summed E-state index contributed by atoms with van der Waals surface area (Å²) in [7, 11) is 1.62. The molecule has 5 nitrogen and oxygen atoms in total. The number of rotatable bonds is 5. The van der Waals surface area contributed by atoms with E-state index in [1.165, 1.54) is 0 Å². The van der Waals surface area contributed by atoms with Crippen molar-refractivity contribution in [2.24, 2.45) is 5.92 Å². The third-order valence-electron chi connectivity index (χ3n) is 6.27. The number of hydrogen-bond donors (Lipinski definition) is 1. The summed E-state index contributed by atoms with van der Waals surface area (Å²) in [6.07, 6.45) is 2.12. The molecule has 3 unspecified atom stereocenters. The highest BCUT2D eigenvalue weighted by Gasteiger charge is 2.45. The lowest BCUT2D eigenvalue weighted by atomic mass is 9.68. The van der Waals surface area contributed by atoms with Crippen LogP contribution in [-0.2, 0) is 14.3 Å². The zero-order chi connectivity index (χ0) is 24.6. The van der Waals surface area contributed by atoms with Crippen LogP contribution in [0.3, 0.4) is 0 Å². The minimum atomic E-state index is -0.551. The van der Waals surface area contributed by atoms with Gasteiger partial charge in [0.1, 0.15) is 11.5 Å². The van der Waals surface area contributed by atoms with Gasteiger partial charge in [0.15, 0.2) is 0 Å². The Morgan fingerprint density at radius 1 is 1.03 bits per heavy atom. The second-order valence-corrected chi connectivity index (χ2v) is 9.73. The number of ketones is 1. The Labute approximate surface area is 209 Å². The molecular formula is C27H27Cl2NO4. The molecule has 0 bridgehead atoms. The van der Waals surface area contributed by atoms with Crippen LogP contribution in [0.1, 0.15) is 50.2 Å². The molecule has 0 amide bonds. The number of carbonyl (C=O) groups excluding carboxylic acids is 2. The first-order valence-corrected chi connectivity index (χ1v) is 12.0. The van der Waals surface area contributed by atoms with Crippen LogP contribution in [0.15, 0.2) is 65.5 Å². The molecule has 3 atom stereocenters. The smallest absolute Gasteiger partial charge is 0.336 e. The summed E-state index contributed by atoms with van der Waals surface area (Å²) >= 11 is 12.5. The van der Waals surface area contributed by atoms with Gasteiger partial charge in [-0.3, -0.25) is 4.79 Å². The number of esters is 1. The van der Waals surface area contributed by atoms with Gasteiger partial charge in [-0.25, -0.2) is 4.79 Å². The number of Topliss-reactive ketones (excluding diaryl/α,β-unsaturated/α-hetero) is 1. The topological polar surface area (TPSA) is 64.6 Å². The second-order valence-electron chi connectivity index (χ2n) is 8.92. The van der Waals surface area contributed by atoms with Crippen LogP contribution in [0.5, 0.6) is 5.75 Å². The number of fused-ring (bicyclic) bond motifs is 1. The van der Waals surface area contributed by atoms with Gasteiger partial charge >= 0.3 is 5.97 Å². The Morgan fingerprint density at radius 2 is 1.71 bits per heavy atom. The van der Waals surface area contributed by atoms with E-state index in [0.29, 0.717) is 27.7 Å². The Hall–Kier alpha value is -2.76. The molecule has 0 fully saturated rings. The minimum Gasteiger partial charge on any atom is -0.497 e. The molecule has 0 saturated carbocycles. The van der Waals surface area contributed by atoms with E-state index in [1.54, 1.807) is 33.1 Å². The normalized spacial score (nSPS) is 22.1. The molecular weight excluding hydrogens is 473 g/mol. The molecule has 0 spiro atoms. The van der Waals surface area contributed by atoms with E-state index in [9.17, 15) is 9.59 Å². The number of carbonyl (C=O) groups is 2. The quantitative estimate of drug-likeness (QED) is 0.498. The molecule has 2 aromatic rings. The SMILES string of the molecule is COc1ccc(C2C=C3NC(C)=C(C(=O)OC(C)C)C(c4ccc(Cl)c(Cl)c4)C3C(=O)C2)cc1. The van der Waals surface area contributed by atoms with Crippen LogP contribution < -0.4 is 10.1 Å². The molecule has 178 valence electrons. The minimum absolute atomic E-state index is 0.0456. The zero-order valence-electron chi connectivity index (χ0n) is 19.5. The van der Waals surface area contributed by atoms with E-state index in [2.05, 4.69) is 11.4 Å². The molecule has 4 rings (SSSR count). The second kappa shape index (κ2) is 9.85. The van der Waals surface area contributed by atoms with Gasteiger partial charge in [-0.1, -0.05) is 47.5 Å². The third kappa shape index (κ3) is 4.73. The Bertz CT molecular complexity index is 1180. The first-order chi connectivity index (χ1) is 16.2. The highest BCUT2D eigenvalue weighted by atomic mass is 35.5. The first kappa shape index (κ1) is 24.4. The lowest BCUT2D eigenvalue weighted by molar-refractivity contribution is -0.143. The Kier molecular flexibility index (Phi) is 7.06. The highest BCUT2D eigenvalue weighted by Crippen LogP contribution is 2.47. The summed E-state index contributed by atoms with van der Waals surface area (Å²) in [4.78, 5) is 26.8. The summed E-state index contributed by atoms with van der Waals surface area (Å²) in [5.74, 6) is -0.796. The average Bonchev–Trinajstić information content (AvgIpc) is 2.79. The number of benzene rings is 2. The third-order valence-corrected chi connectivity index (χ3v) is 7.01. The molecule has 0 aromatic heterocycles. The lowest BCUT2D eigenvalue weighted by Crippen LogP contribution is -2.42. The molecule has 7 heteroatoms. The lowest BCUT2D eigenvalue weighted by Gasteiger charge is -2.39. The van der Waals surface area contributed by atoms with Crippen LogP contribution in [-0.4, -0.2) is 25.0 Å². The largest absolute Gasteiger partial charge is 0.497 e. The van der Waals surface area contributed by atoms with Gasteiger partial charge < -0.3 is 14.8 Å². The maximum absolute atomic E-state index is 13.6. The number of allylic oxidation sites excluding steroid dienone is 3. The first-order valence-electron chi connectivity index (χ1n) is 11.2. The van der Waals surface area contributed by atoms with Gasteiger partial charge in [-0.05, 0) is 56.2 Å². The Balaban J connectivity index is 1.81. The van der Waals surface area contributed by atoms with Gasteiger partial charge in [-0.2, -0.15) is 0 Å². The molecule has 1 N–H and O–H groups in total. The summed E-state index contributed by atoms with van der Waals surface area (Å²) in [5, 5.41) is 4.12. The van der Waals surface area contributed by atoms with Crippen LogP contribution in [0.4, 0.5) is 0 Å². The van der Waals surface area contributed by atoms with Gasteiger partial charge in [0.2, 0.25) is 0 Å². The van der Waals surface area contributed by atoms with Gasteiger partial charge in [0.25, 0.3) is 0 Å². The van der Waals surface area contributed by atoms with Crippen molar-refractivity contribution in [3.05, 3.63) is 86.7 Å². The van der Waals surface area contributed by atoms with E-state index in [-0.39, 0.29) is 17.8 Å². The van der Waals surface area contributed by atoms with Crippen molar-refractivity contribution in [1.82, 2.24) is 5.32 Å². The van der Waals surface area contributed by atoms with E-state index < -0.39 is 17.8 Å². The number of ether oxygens (including phenoxy) is 2. The van der Waals surface area contributed by atoms with E-state index in [1.807, 2.05) is 37.3 Å². The summed E-state index contributed by atoms with van der Waals surface area (Å²) in [6, 6.07) is 13.0. The fourth-order valence-corrected chi connectivity index (χ4v) is 5.06. The van der Waals surface area contributed by atoms with E-state index in [4.69, 9.17) is 32.7 Å². The number of hydrogen-bond acceptors (Lipinski definition) is 5. The number of halogens is 2. The monoisotopic (exact) mass is 499 g/mol. The number of nitrogens with one attached hydrogen (secondary N) is 1. The molecule has 2 aromatic carbocycles. The van der Waals surface area contributed by atoms with Crippen molar-refractivity contribution in [2.75, 3.05) is 7.11 Å². The predicted molar refractivity (Wildman–Crippen MR) is 133 cm³/mol. The highest BCUT2D eigenvalue weighted by molar-refractivity contribution is 6.42. The maximum atomic E-state index is 13.6. The molecule has 2 aliphatic rings. The van der Waals surface area contributed by atoms with Crippen molar-refractivity contribution in [2.45, 2.75) is 45.1 Å². The van der Waals surface area contributed by atoms with Gasteiger partial charge in [0, 0.05) is 29.7 Å². The average molecular weight is 500 g/mol.